The van der Waals surface area contributed by atoms with Crippen LogP contribution < -0.4 is 27.0 Å². The summed E-state index contributed by atoms with van der Waals surface area (Å²) in [5.41, 5.74) is -1.07. The number of amides is 1. The summed E-state index contributed by atoms with van der Waals surface area (Å²) >= 11 is 5.82. The Morgan fingerprint density at radius 2 is 1.62 bits per heavy atom. The normalized spacial score (nSPS) is 11.7. The van der Waals surface area contributed by atoms with Crippen molar-refractivity contribution in [3.8, 4) is 5.69 Å². The molecule has 1 aromatic carbocycles. The highest BCUT2D eigenvalue weighted by atomic mass is 35.5. The minimum atomic E-state index is -5.04. The van der Waals surface area contributed by atoms with Gasteiger partial charge in [-0.1, -0.05) is 25.4 Å². The van der Waals surface area contributed by atoms with Crippen LogP contribution in [0.1, 0.15) is 43.7 Å². The lowest BCUT2D eigenvalue weighted by Gasteiger charge is -2.21. The van der Waals surface area contributed by atoms with E-state index in [1.807, 2.05) is 13.8 Å². The molecule has 9 N–H and O–H groups in total. The van der Waals surface area contributed by atoms with Crippen molar-refractivity contribution >= 4 is 41.3 Å². The Balaban J connectivity index is 0. The van der Waals surface area contributed by atoms with Gasteiger partial charge in [0.1, 0.15) is 11.5 Å². The zero-order valence-electron chi connectivity index (χ0n) is 25.7. The fourth-order valence-corrected chi connectivity index (χ4v) is 4.52. The Labute approximate surface area is 270 Å². The topological polar surface area (TPSA) is 275 Å². The smallest absolute Gasteiger partial charge is 0.431 e. The molecule has 1 amide bonds. The van der Waals surface area contributed by atoms with Crippen LogP contribution in [0.25, 0.3) is 5.69 Å². The maximum Gasteiger partial charge on any atom is 0.431 e. The summed E-state index contributed by atoms with van der Waals surface area (Å²) in [4.78, 5) is 63.2. The van der Waals surface area contributed by atoms with Gasteiger partial charge in [-0.25, -0.2) is 18.5 Å². The standard InChI is InChI=1S/C17H17ClF4N4O5S.C3H8NO5P.C3H9N.H2O/c1-8(2)25(4)32(30,31)23-15(28)9-5-12(11(19)6-10(9)18)26-14(27)7-13(17(20,21)22)24(3)16(26)29;5-3(6)1-4-2-10(7,8)9;1-3(2)4;/h5-8H,1-4H3,(H,23,28);4H,1-2H2,(H,5,6)(H2,7,8,9);3H,4H2,1-2H3;1H2. The van der Waals surface area contributed by atoms with Crippen molar-refractivity contribution in [3.63, 3.8) is 0 Å². The molecule has 24 heteroatoms. The highest BCUT2D eigenvalue weighted by Crippen LogP contribution is 2.31. The first-order valence-electron chi connectivity index (χ1n) is 12.6. The van der Waals surface area contributed by atoms with E-state index in [-0.39, 0.29) is 20.7 Å². The second kappa shape index (κ2) is 18.4. The van der Waals surface area contributed by atoms with E-state index >= 15 is 0 Å². The second-order valence-corrected chi connectivity index (χ2v) is 13.5. The number of nitrogens with two attached hydrogens (primary N) is 1. The molecule has 0 aliphatic carbocycles. The van der Waals surface area contributed by atoms with E-state index in [2.05, 4.69) is 5.32 Å². The molecular weight excluding hydrogens is 711 g/mol. The van der Waals surface area contributed by atoms with Gasteiger partial charge in [0, 0.05) is 26.2 Å². The molecule has 270 valence electrons. The molecule has 2 aromatic rings. The average Bonchev–Trinajstić information content (AvgIpc) is 2.84. The van der Waals surface area contributed by atoms with Crippen molar-refractivity contribution in [1.29, 1.82) is 0 Å². The van der Waals surface area contributed by atoms with E-state index < -0.39 is 93.8 Å². The predicted octanol–water partition coefficient (Wildman–Crippen LogP) is -0.0131. The Hall–Kier alpha value is -3.21. The van der Waals surface area contributed by atoms with Crippen LogP contribution in [-0.2, 0) is 32.8 Å². The molecule has 1 heterocycles. The highest BCUT2D eigenvalue weighted by molar-refractivity contribution is 7.87. The SMILES string of the molecule is CC(C)N.CC(C)N(C)S(=O)(=O)NC(=O)c1cc(-n2c(=O)cc(C(F)(F)F)n(C)c2=O)c(F)cc1Cl.O.O=C(O)CNCP(=O)(O)O. The number of nitrogens with one attached hydrogen (secondary N) is 2. The number of carboxylic acid groups (broad SMARTS) is 1. The number of carbonyl (C=O) groups excluding carboxylic acids is 1. The molecule has 0 aliphatic rings. The van der Waals surface area contributed by atoms with Gasteiger partial charge in [-0.3, -0.25) is 28.8 Å². The number of nitrogens with zero attached hydrogens (tertiary/aromatic N) is 3. The van der Waals surface area contributed by atoms with Crippen molar-refractivity contribution in [1.82, 2.24) is 23.5 Å². The third kappa shape index (κ3) is 15.0. The summed E-state index contributed by atoms with van der Waals surface area (Å²) in [6.45, 7) is 6.50. The van der Waals surface area contributed by atoms with Crippen molar-refractivity contribution in [3.05, 3.63) is 61.1 Å². The molecule has 0 aliphatic heterocycles. The Kier molecular flexibility index (Phi) is 17.9. The maximum absolute atomic E-state index is 14.5. The number of rotatable bonds is 9. The van der Waals surface area contributed by atoms with Gasteiger partial charge in [0.05, 0.1) is 29.1 Å². The number of aromatic nitrogens is 2. The van der Waals surface area contributed by atoms with E-state index in [4.69, 9.17) is 32.2 Å². The molecule has 0 radical (unpaired) electrons. The van der Waals surface area contributed by atoms with E-state index in [1.54, 1.807) is 4.72 Å². The number of halogens is 5. The zero-order valence-corrected chi connectivity index (χ0v) is 28.1. The maximum atomic E-state index is 14.5. The van der Waals surface area contributed by atoms with Crippen molar-refractivity contribution in [2.24, 2.45) is 12.8 Å². The first-order chi connectivity index (χ1) is 20.6. The van der Waals surface area contributed by atoms with Gasteiger partial charge >= 0.3 is 35.6 Å². The van der Waals surface area contributed by atoms with Crippen LogP contribution in [0.2, 0.25) is 5.02 Å². The molecule has 2 rings (SSSR count). The Bertz CT molecular complexity index is 1680. The lowest BCUT2D eigenvalue weighted by molar-refractivity contribution is -0.144. The lowest BCUT2D eigenvalue weighted by Crippen LogP contribution is -2.44. The van der Waals surface area contributed by atoms with Crippen LogP contribution in [0.5, 0.6) is 0 Å². The monoisotopic (exact) mass is 746 g/mol. The predicted molar refractivity (Wildman–Crippen MR) is 162 cm³/mol. The summed E-state index contributed by atoms with van der Waals surface area (Å²) in [6, 6.07) is 0.993. The third-order valence-electron chi connectivity index (χ3n) is 5.05. The molecule has 0 spiro atoms. The Morgan fingerprint density at radius 3 is 2.02 bits per heavy atom. The highest BCUT2D eigenvalue weighted by Gasteiger charge is 2.35. The minimum Gasteiger partial charge on any atom is -0.480 e. The zero-order chi connectivity index (χ0) is 36.5. The molecule has 0 atom stereocenters. The van der Waals surface area contributed by atoms with Crippen LogP contribution in [0.4, 0.5) is 17.6 Å². The van der Waals surface area contributed by atoms with Gasteiger partial charge in [-0.15, -0.1) is 0 Å². The van der Waals surface area contributed by atoms with Gasteiger partial charge in [-0.05, 0) is 32.0 Å². The Morgan fingerprint density at radius 1 is 1.13 bits per heavy atom. The lowest BCUT2D eigenvalue weighted by atomic mass is 10.1. The number of aliphatic carboxylic acids is 1. The summed E-state index contributed by atoms with van der Waals surface area (Å²) in [5.74, 6) is -3.78. The van der Waals surface area contributed by atoms with Crippen molar-refractivity contribution < 1.29 is 60.5 Å². The molecule has 0 bridgehead atoms. The molecule has 47 heavy (non-hydrogen) atoms. The number of carbonyl (C=O) groups is 2. The quantitative estimate of drug-likeness (QED) is 0.146. The molecular formula is C23H36ClF4N6O11PS. The van der Waals surface area contributed by atoms with E-state index in [0.29, 0.717) is 18.2 Å². The van der Waals surface area contributed by atoms with Crippen molar-refractivity contribution in [2.75, 3.05) is 19.9 Å². The first-order valence-corrected chi connectivity index (χ1v) is 16.2. The summed E-state index contributed by atoms with van der Waals surface area (Å²) in [5, 5.41) is 9.49. The van der Waals surface area contributed by atoms with Crippen LogP contribution in [0, 0.1) is 5.82 Å². The van der Waals surface area contributed by atoms with E-state index in [9.17, 15) is 49.7 Å². The van der Waals surface area contributed by atoms with Gasteiger partial charge in [-0.2, -0.15) is 25.9 Å². The van der Waals surface area contributed by atoms with Crippen LogP contribution in [-0.4, -0.2) is 86.1 Å². The van der Waals surface area contributed by atoms with Gasteiger partial charge < -0.3 is 26.1 Å². The van der Waals surface area contributed by atoms with Crippen LogP contribution in [0.15, 0.2) is 27.8 Å². The average molecular weight is 747 g/mol. The van der Waals surface area contributed by atoms with E-state index in [0.717, 1.165) is 11.4 Å². The number of alkyl halides is 3. The van der Waals surface area contributed by atoms with Gasteiger partial charge in [0.25, 0.3) is 11.5 Å². The number of carboxylic acids is 1. The van der Waals surface area contributed by atoms with Gasteiger partial charge in [0.15, 0.2) is 0 Å². The fourth-order valence-electron chi connectivity index (χ4n) is 2.83. The van der Waals surface area contributed by atoms with E-state index in [1.165, 1.54) is 20.9 Å². The largest absolute Gasteiger partial charge is 0.480 e. The molecule has 0 unspecified atom stereocenters. The number of hydrogen-bond donors (Lipinski definition) is 6. The van der Waals surface area contributed by atoms with Crippen LogP contribution in [0.3, 0.4) is 0 Å². The van der Waals surface area contributed by atoms with Crippen LogP contribution >= 0.6 is 19.2 Å². The van der Waals surface area contributed by atoms with Gasteiger partial charge in [0.2, 0.25) is 0 Å². The molecule has 0 saturated heterocycles. The molecule has 17 nitrogen and oxygen atoms in total. The van der Waals surface area contributed by atoms with Crippen molar-refractivity contribution in [2.45, 2.75) is 46.0 Å². The minimum absolute atomic E-state index is 0. The third-order valence-corrected chi connectivity index (χ3v) is 7.63. The summed E-state index contributed by atoms with van der Waals surface area (Å²) in [6.07, 6.45) is -5.63. The summed E-state index contributed by atoms with van der Waals surface area (Å²) < 4.78 is 90.7. The number of hydrogen-bond acceptors (Lipinski definition) is 9. The first kappa shape index (κ1) is 45.9. The molecule has 0 saturated carbocycles. The fraction of sp³-hybridized carbons (Fsp3) is 0.478. The molecule has 1 aromatic heterocycles. The number of benzene rings is 1. The second-order valence-electron chi connectivity index (χ2n) is 9.76. The molecule has 0 fully saturated rings. The summed E-state index contributed by atoms with van der Waals surface area (Å²) in [7, 11) is -6.53.